The summed E-state index contributed by atoms with van der Waals surface area (Å²) in [4.78, 5) is 16.6. The van der Waals surface area contributed by atoms with Gasteiger partial charge in [0.15, 0.2) is 0 Å². The van der Waals surface area contributed by atoms with Crippen molar-refractivity contribution in [2.24, 2.45) is 5.10 Å². The second-order valence-corrected chi connectivity index (χ2v) is 6.52. The monoisotopic (exact) mass is 398 g/mol. The number of fused-ring (bicyclic) bond motifs is 1. The molecule has 3 aromatic carbocycles. The molecule has 0 bridgehead atoms. The highest BCUT2D eigenvalue weighted by molar-refractivity contribution is 5.96. The molecule has 1 aromatic heterocycles. The van der Waals surface area contributed by atoms with Crippen molar-refractivity contribution >= 4 is 34.4 Å². The van der Waals surface area contributed by atoms with Gasteiger partial charge in [-0.1, -0.05) is 18.2 Å². The number of aromatic nitrogens is 1. The summed E-state index contributed by atoms with van der Waals surface area (Å²) in [5.74, 6) is -0.456. The standard InChI is InChI=1S/C23H18N4O3/c28-18-9-10-22(29)16(13-18)14-25-27-23(30)15-5-7-17(8-6-15)26-21-11-12-24-20-4-2-1-3-19(20)21/h1-14,28-29H,(H,24,26)(H,27,30)/b25-14+. The van der Waals surface area contributed by atoms with Crippen LogP contribution in [0.5, 0.6) is 11.5 Å². The van der Waals surface area contributed by atoms with Crippen LogP contribution in [0.3, 0.4) is 0 Å². The molecule has 0 atom stereocenters. The molecular formula is C23H18N4O3. The van der Waals surface area contributed by atoms with Gasteiger partial charge in [-0.2, -0.15) is 5.10 Å². The summed E-state index contributed by atoms with van der Waals surface area (Å²) in [5, 5.41) is 27.3. The van der Waals surface area contributed by atoms with Gasteiger partial charge in [-0.25, -0.2) is 5.43 Å². The first-order valence-corrected chi connectivity index (χ1v) is 9.16. The molecule has 0 unspecified atom stereocenters. The Balaban J connectivity index is 1.43. The molecule has 0 spiro atoms. The number of nitrogens with zero attached hydrogens (tertiary/aromatic N) is 2. The molecule has 7 nitrogen and oxygen atoms in total. The zero-order chi connectivity index (χ0) is 20.9. The number of aromatic hydroxyl groups is 2. The highest BCUT2D eigenvalue weighted by Crippen LogP contribution is 2.25. The molecule has 30 heavy (non-hydrogen) atoms. The average Bonchev–Trinajstić information content (AvgIpc) is 2.77. The van der Waals surface area contributed by atoms with E-state index in [0.29, 0.717) is 11.1 Å². The predicted molar refractivity (Wildman–Crippen MR) is 116 cm³/mol. The molecular weight excluding hydrogens is 380 g/mol. The van der Waals surface area contributed by atoms with Crippen molar-refractivity contribution in [3.05, 3.63) is 90.1 Å². The topological polar surface area (TPSA) is 107 Å². The summed E-state index contributed by atoms with van der Waals surface area (Å²) in [6.45, 7) is 0. The molecule has 0 aliphatic carbocycles. The average molecular weight is 398 g/mol. The van der Waals surface area contributed by atoms with Gasteiger partial charge < -0.3 is 15.5 Å². The van der Waals surface area contributed by atoms with E-state index in [1.165, 1.54) is 24.4 Å². The Kier molecular flexibility index (Phi) is 5.25. The number of amides is 1. The van der Waals surface area contributed by atoms with Gasteiger partial charge in [0.05, 0.1) is 11.7 Å². The van der Waals surface area contributed by atoms with Crippen molar-refractivity contribution in [3.8, 4) is 11.5 Å². The van der Waals surface area contributed by atoms with Crippen LogP contribution in [0.25, 0.3) is 10.9 Å². The van der Waals surface area contributed by atoms with Crippen LogP contribution in [0.1, 0.15) is 15.9 Å². The third-order valence-corrected chi connectivity index (χ3v) is 4.46. The third-order valence-electron chi connectivity index (χ3n) is 4.46. The highest BCUT2D eigenvalue weighted by atomic mass is 16.3. The Morgan fingerprint density at radius 1 is 0.967 bits per heavy atom. The number of pyridine rings is 1. The Morgan fingerprint density at radius 3 is 2.60 bits per heavy atom. The molecule has 1 amide bonds. The van der Waals surface area contributed by atoms with Gasteiger partial charge in [-0.3, -0.25) is 9.78 Å². The maximum absolute atomic E-state index is 12.3. The third kappa shape index (κ3) is 4.20. The minimum absolute atomic E-state index is 0.00867. The normalized spacial score (nSPS) is 10.9. The van der Waals surface area contributed by atoms with Crippen molar-refractivity contribution in [1.29, 1.82) is 0 Å². The predicted octanol–water partition coefficient (Wildman–Crippen LogP) is 4.15. The van der Waals surface area contributed by atoms with E-state index in [2.05, 4.69) is 20.8 Å². The molecule has 148 valence electrons. The molecule has 4 N–H and O–H groups in total. The van der Waals surface area contributed by atoms with Gasteiger partial charge in [0.25, 0.3) is 5.91 Å². The van der Waals surface area contributed by atoms with E-state index in [9.17, 15) is 15.0 Å². The van der Waals surface area contributed by atoms with E-state index < -0.39 is 5.91 Å². The van der Waals surface area contributed by atoms with Gasteiger partial charge in [0, 0.05) is 34.1 Å². The number of hydrogen-bond acceptors (Lipinski definition) is 6. The van der Waals surface area contributed by atoms with E-state index in [-0.39, 0.29) is 11.5 Å². The number of nitrogens with one attached hydrogen (secondary N) is 2. The number of hydrogen-bond donors (Lipinski definition) is 4. The molecule has 4 rings (SSSR count). The van der Waals surface area contributed by atoms with Gasteiger partial charge in [0.2, 0.25) is 0 Å². The van der Waals surface area contributed by atoms with Crippen molar-refractivity contribution in [2.75, 3.05) is 5.32 Å². The summed E-state index contributed by atoms with van der Waals surface area (Å²) in [7, 11) is 0. The lowest BCUT2D eigenvalue weighted by molar-refractivity contribution is 0.0955. The van der Waals surface area contributed by atoms with Gasteiger partial charge in [-0.05, 0) is 54.6 Å². The number of anilines is 2. The van der Waals surface area contributed by atoms with E-state index >= 15 is 0 Å². The molecule has 0 fully saturated rings. The lowest BCUT2D eigenvalue weighted by atomic mass is 10.1. The van der Waals surface area contributed by atoms with Gasteiger partial charge in [-0.15, -0.1) is 0 Å². The Bertz CT molecular complexity index is 1230. The maximum atomic E-state index is 12.3. The van der Waals surface area contributed by atoms with Crippen LogP contribution in [0, 0.1) is 0 Å². The summed E-state index contributed by atoms with van der Waals surface area (Å²) >= 11 is 0. The van der Waals surface area contributed by atoms with E-state index in [1.54, 1.807) is 30.5 Å². The summed E-state index contributed by atoms with van der Waals surface area (Å²) < 4.78 is 0. The van der Waals surface area contributed by atoms with Gasteiger partial charge >= 0.3 is 0 Å². The van der Waals surface area contributed by atoms with Crippen molar-refractivity contribution in [3.63, 3.8) is 0 Å². The van der Waals surface area contributed by atoms with Crippen LogP contribution in [0.4, 0.5) is 11.4 Å². The lowest BCUT2D eigenvalue weighted by Crippen LogP contribution is -2.17. The molecule has 4 aromatic rings. The Morgan fingerprint density at radius 2 is 1.77 bits per heavy atom. The lowest BCUT2D eigenvalue weighted by Gasteiger charge is -2.10. The van der Waals surface area contributed by atoms with Crippen LogP contribution in [0.2, 0.25) is 0 Å². The molecule has 0 aliphatic heterocycles. The smallest absolute Gasteiger partial charge is 0.271 e. The van der Waals surface area contributed by atoms with E-state index in [1.807, 2.05) is 30.3 Å². The number of rotatable bonds is 5. The number of carbonyl (C=O) groups excluding carboxylic acids is 1. The summed E-state index contributed by atoms with van der Waals surface area (Å²) in [6, 6.07) is 20.7. The fraction of sp³-hybridized carbons (Fsp3) is 0. The zero-order valence-electron chi connectivity index (χ0n) is 15.8. The van der Waals surface area contributed by atoms with Crippen LogP contribution >= 0.6 is 0 Å². The minimum atomic E-state index is -0.396. The highest BCUT2D eigenvalue weighted by Gasteiger charge is 2.06. The maximum Gasteiger partial charge on any atom is 0.271 e. The number of hydrazone groups is 1. The van der Waals surface area contributed by atoms with Crippen LogP contribution in [-0.2, 0) is 0 Å². The molecule has 0 aliphatic rings. The van der Waals surface area contributed by atoms with E-state index in [4.69, 9.17) is 0 Å². The Hall–Kier alpha value is -4.39. The van der Waals surface area contributed by atoms with Crippen LogP contribution < -0.4 is 10.7 Å². The number of para-hydroxylation sites is 1. The largest absolute Gasteiger partial charge is 0.508 e. The number of benzene rings is 3. The zero-order valence-corrected chi connectivity index (χ0v) is 15.8. The molecule has 0 saturated carbocycles. The first-order valence-electron chi connectivity index (χ1n) is 9.16. The molecule has 7 heteroatoms. The first kappa shape index (κ1) is 18.9. The van der Waals surface area contributed by atoms with Crippen molar-refractivity contribution in [2.45, 2.75) is 0 Å². The first-order chi connectivity index (χ1) is 14.6. The fourth-order valence-corrected chi connectivity index (χ4v) is 2.94. The number of phenolic OH excluding ortho intramolecular Hbond substituents is 2. The molecule has 1 heterocycles. The SMILES string of the molecule is O=C(N/N=C/c1cc(O)ccc1O)c1ccc(Nc2ccnc3ccccc23)cc1. The second-order valence-electron chi connectivity index (χ2n) is 6.52. The Labute approximate surface area is 172 Å². The van der Waals surface area contributed by atoms with E-state index in [0.717, 1.165) is 22.3 Å². The summed E-state index contributed by atoms with van der Waals surface area (Å²) in [6.07, 6.45) is 3.01. The minimum Gasteiger partial charge on any atom is -0.508 e. The molecule has 0 radical (unpaired) electrons. The van der Waals surface area contributed by atoms with Crippen molar-refractivity contribution in [1.82, 2.24) is 10.4 Å². The van der Waals surface area contributed by atoms with Crippen molar-refractivity contribution < 1.29 is 15.0 Å². The van der Waals surface area contributed by atoms with Crippen LogP contribution in [0.15, 0.2) is 84.1 Å². The van der Waals surface area contributed by atoms with Crippen LogP contribution in [-0.4, -0.2) is 27.3 Å². The quantitative estimate of drug-likeness (QED) is 0.229. The second kappa shape index (κ2) is 8.32. The number of carbonyl (C=O) groups is 1. The summed E-state index contributed by atoms with van der Waals surface area (Å²) in [5.41, 5.74) is 5.77. The molecule has 0 saturated heterocycles. The van der Waals surface area contributed by atoms with Gasteiger partial charge in [0.1, 0.15) is 11.5 Å². The fourth-order valence-electron chi connectivity index (χ4n) is 2.94. The number of phenols is 2.